The predicted molar refractivity (Wildman–Crippen MR) is 115 cm³/mol. The molecular weight excluding hydrogens is 368 g/mol. The van der Waals surface area contributed by atoms with E-state index in [0.29, 0.717) is 0 Å². The molecule has 1 aliphatic rings. The molecule has 3 aromatic rings. The first-order valence-electron chi connectivity index (χ1n) is 10.3. The summed E-state index contributed by atoms with van der Waals surface area (Å²) in [6.45, 7) is 3.23. The minimum atomic E-state index is 0.757. The van der Waals surface area contributed by atoms with Crippen LogP contribution in [-0.2, 0) is 6.54 Å². The molecule has 28 heavy (non-hydrogen) atoms. The molecule has 0 spiro atoms. The molecule has 146 valence electrons. The van der Waals surface area contributed by atoms with Gasteiger partial charge in [-0.05, 0) is 68.0 Å². The van der Waals surface area contributed by atoms with Crippen molar-refractivity contribution in [2.75, 3.05) is 13.1 Å². The fourth-order valence-electron chi connectivity index (χ4n) is 3.87. The van der Waals surface area contributed by atoms with E-state index < -0.39 is 0 Å². The van der Waals surface area contributed by atoms with Crippen LogP contribution in [0, 0.1) is 5.92 Å². The van der Waals surface area contributed by atoms with Gasteiger partial charge in [0.2, 0.25) is 0 Å². The Bertz CT molecular complexity index is 862. The van der Waals surface area contributed by atoms with Gasteiger partial charge in [-0.15, -0.1) is 0 Å². The third-order valence-electron chi connectivity index (χ3n) is 5.51. The van der Waals surface area contributed by atoms with E-state index in [9.17, 15) is 0 Å². The molecule has 2 heterocycles. The van der Waals surface area contributed by atoms with Gasteiger partial charge < -0.3 is 5.32 Å². The number of hydrogen-bond donors (Lipinski definition) is 1. The van der Waals surface area contributed by atoms with E-state index >= 15 is 0 Å². The van der Waals surface area contributed by atoms with Gasteiger partial charge in [-0.1, -0.05) is 54.4 Å². The molecule has 0 aliphatic carbocycles. The molecular formula is C23H27ClN4. The molecule has 1 N–H and O–H groups in total. The van der Waals surface area contributed by atoms with Gasteiger partial charge in [0, 0.05) is 10.6 Å². The first-order valence-corrected chi connectivity index (χ1v) is 10.6. The summed E-state index contributed by atoms with van der Waals surface area (Å²) in [5, 5.41) is 13.4. The van der Waals surface area contributed by atoms with Crippen molar-refractivity contribution in [3.63, 3.8) is 0 Å². The van der Waals surface area contributed by atoms with Crippen LogP contribution in [0.15, 0.2) is 54.7 Å². The van der Waals surface area contributed by atoms with Crippen LogP contribution >= 0.6 is 11.6 Å². The zero-order valence-corrected chi connectivity index (χ0v) is 16.9. The maximum absolute atomic E-state index is 5.97. The molecule has 4 rings (SSSR count). The van der Waals surface area contributed by atoms with Gasteiger partial charge in [-0.25, -0.2) is 0 Å². The summed E-state index contributed by atoms with van der Waals surface area (Å²) in [4.78, 5) is 1.84. The van der Waals surface area contributed by atoms with Crippen LogP contribution < -0.4 is 5.32 Å². The molecule has 1 fully saturated rings. The summed E-state index contributed by atoms with van der Waals surface area (Å²) in [5.41, 5.74) is 4.35. The topological polar surface area (TPSA) is 42.7 Å². The molecule has 1 saturated heterocycles. The highest BCUT2D eigenvalue weighted by Crippen LogP contribution is 2.25. The predicted octanol–water partition coefficient (Wildman–Crippen LogP) is 5.44. The van der Waals surface area contributed by atoms with Crippen LogP contribution in [-0.4, -0.2) is 28.1 Å². The van der Waals surface area contributed by atoms with Gasteiger partial charge in [-0.3, -0.25) is 0 Å². The van der Waals surface area contributed by atoms with Crippen molar-refractivity contribution in [3.8, 4) is 22.4 Å². The van der Waals surface area contributed by atoms with Gasteiger partial charge >= 0.3 is 0 Å². The second-order valence-corrected chi connectivity index (χ2v) is 8.05. The average molecular weight is 395 g/mol. The third-order valence-corrected chi connectivity index (χ3v) is 5.77. The number of nitrogens with zero attached hydrogens (tertiary/aromatic N) is 3. The van der Waals surface area contributed by atoms with Gasteiger partial charge in [-0.2, -0.15) is 15.0 Å². The number of aryl methyl sites for hydroxylation is 1. The molecule has 0 radical (unpaired) electrons. The van der Waals surface area contributed by atoms with Crippen molar-refractivity contribution in [2.45, 2.75) is 38.6 Å². The molecule has 2 aromatic carbocycles. The zero-order valence-electron chi connectivity index (χ0n) is 16.1. The Morgan fingerprint density at radius 3 is 2.46 bits per heavy atom. The Morgan fingerprint density at radius 1 is 0.964 bits per heavy atom. The summed E-state index contributed by atoms with van der Waals surface area (Å²) in [7, 11) is 0. The molecule has 4 nitrogen and oxygen atoms in total. The number of benzene rings is 2. The summed E-state index contributed by atoms with van der Waals surface area (Å²) in [6.07, 6.45) is 8.27. The first-order chi connectivity index (χ1) is 13.8. The summed E-state index contributed by atoms with van der Waals surface area (Å²) in [6, 6.07) is 16.4. The highest BCUT2D eigenvalue weighted by molar-refractivity contribution is 6.30. The van der Waals surface area contributed by atoms with Crippen molar-refractivity contribution in [2.24, 2.45) is 5.92 Å². The van der Waals surface area contributed by atoms with E-state index in [1.807, 2.05) is 35.3 Å². The fourth-order valence-corrected chi connectivity index (χ4v) is 4.00. The maximum atomic E-state index is 5.97. The molecule has 0 bridgehead atoms. The quantitative estimate of drug-likeness (QED) is 0.605. The van der Waals surface area contributed by atoms with Crippen molar-refractivity contribution >= 4 is 11.6 Å². The average Bonchev–Trinajstić information content (AvgIpc) is 3.04. The van der Waals surface area contributed by atoms with E-state index in [0.717, 1.165) is 47.3 Å². The van der Waals surface area contributed by atoms with Crippen LogP contribution in [0.25, 0.3) is 22.4 Å². The van der Waals surface area contributed by atoms with E-state index in [2.05, 4.69) is 39.8 Å². The number of nitrogens with one attached hydrogen (secondary N) is 1. The van der Waals surface area contributed by atoms with Crippen LogP contribution in [0.1, 0.15) is 32.1 Å². The monoisotopic (exact) mass is 394 g/mol. The maximum Gasteiger partial charge on any atom is 0.113 e. The highest BCUT2D eigenvalue weighted by atomic mass is 35.5. The number of halogens is 1. The van der Waals surface area contributed by atoms with Crippen LogP contribution in [0.2, 0.25) is 5.02 Å². The summed E-state index contributed by atoms with van der Waals surface area (Å²) >= 11 is 5.97. The molecule has 1 aliphatic heterocycles. The lowest BCUT2D eigenvalue weighted by Crippen LogP contribution is -2.20. The molecule has 1 unspecified atom stereocenters. The normalized spacial score (nSPS) is 17.4. The van der Waals surface area contributed by atoms with Crippen molar-refractivity contribution in [1.29, 1.82) is 0 Å². The van der Waals surface area contributed by atoms with E-state index in [1.165, 1.54) is 37.8 Å². The fraction of sp³-hybridized carbons (Fsp3) is 0.391. The Kier molecular flexibility index (Phi) is 6.40. The van der Waals surface area contributed by atoms with E-state index in [4.69, 9.17) is 11.6 Å². The van der Waals surface area contributed by atoms with Gasteiger partial charge in [0.15, 0.2) is 0 Å². The first kappa shape index (κ1) is 19.2. The lowest BCUT2D eigenvalue weighted by atomic mass is 9.98. The van der Waals surface area contributed by atoms with Gasteiger partial charge in [0.1, 0.15) is 5.69 Å². The summed E-state index contributed by atoms with van der Waals surface area (Å²) < 4.78 is 0. The summed E-state index contributed by atoms with van der Waals surface area (Å²) in [5.74, 6) is 0.804. The minimum absolute atomic E-state index is 0.757. The van der Waals surface area contributed by atoms with Gasteiger partial charge in [0.05, 0.1) is 12.7 Å². The molecule has 1 atom stereocenters. The molecule has 0 amide bonds. The van der Waals surface area contributed by atoms with Crippen LogP contribution in [0.3, 0.4) is 0 Å². The molecule has 5 heteroatoms. The van der Waals surface area contributed by atoms with Crippen molar-refractivity contribution < 1.29 is 0 Å². The number of rotatable bonds is 6. The Morgan fingerprint density at radius 2 is 1.68 bits per heavy atom. The second kappa shape index (κ2) is 9.35. The second-order valence-electron chi connectivity index (χ2n) is 7.62. The SMILES string of the molecule is Clc1ccc(-c2ccc(-c3cnn(CCCC4CCCCNC4)n3)cc2)cc1. The standard InChI is InChI=1S/C23H27ClN4/c24-22-12-10-20(11-13-22)19-6-8-21(9-7-19)23-17-26-28(27-23)15-3-5-18-4-1-2-14-25-16-18/h6-13,17-18,25H,1-5,14-16H2. The number of hydrogen-bond acceptors (Lipinski definition) is 3. The molecule has 0 saturated carbocycles. The Balaban J connectivity index is 1.34. The lowest BCUT2D eigenvalue weighted by molar-refractivity contribution is 0.398. The molecule has 1 aromatic heterocycles. The largest absolute Gasteiger partial charge is 0.316 e. The minimum Gasteiger partial charge on any atom is -0.316 e. The zero-order chi connectivity index (χ0) is 19.2. The van der Waals surface area contributed by atoms with Crippen LogP contribution in [0.5, 0.6) is 0 Å². The Labute approximate surface area is 171 Å². The van der Waals surface area contributed by atoms with Gasteiger partial charge in [0.25, 0.3) is 0 Å². The smallest absolute Gasteiger partial charge is 0.113 e. The lowest BCUT2D eigenvalue weighted by Gasteiger charge is -2.13. The van der Waals surface area contributed by atoms with Crippen LogP contribution in [0.4, 0.5) is 0 Å². The number of aromatic nitrogens is 3. The Hall–Kier alpha value is -2.17. The highest BCUT2D eigenvalue weighted by Gasteiger charge is 2.12. The van der Waals surface area contributed by atoms with E-state index in [1.54, 1.807) is 0 Å². The third kappa shape index (κ3) is 5.00. The van der Waals surface area contributed by atoms with Crippen molar-refractivity contribution in [1.82, 2.24) is 20.3 Å². The van der Waals surface area contributed by atoms with Crippen molar-refractivity contribution in [3.05, 3.63) is 59.8 Å². The van der Waals surface area contributed by atoms with E-state index in [-0.39, 0.29) is 0 Å².